The molecule has 3 aromatic heterocycles. The van der Waals surface area contributed by atoms with Crippen molar-refractivity contribution in [1.82, 2.24) is 15.0 Å². The van der Waals surface area contributed by atoms with Crippen molar-refractivity contribution in [2.45, 2.75) is 0 Å². The Balaban J connectivity index is 0.00000169. The second kappa shape index (κ2) is 7.34. The molecule has 1 aromatic carbocycles. The second-order valence-corrected chi connectivity index (χ2v) is 6.13. The zero-order valence-electron chi connectivity index (χ0n) is 12.7. The SMILES string of the molecule is C(=C\c1cnc(-c2cccnc2)s1)/c1ccc2ccccc2n1.Cl. The third-order valence-electron chi connectivity index (χ3n) is 3.47. The van der Waals surface area contributed by atoms with E-state index in [1.54, 1.807) is 17.5 Å². The predicted octanol–water partition coefficient (Wildman–Crippen LogP) is 5.35. The number of fused-ring (bicyclic) bond motifs is 1. The first-order valence-electron chi connectivity index (χ1n) is 7.29. The van der Waals surface area contributed by atoms with E-state index >= 15 is 0 Å². The summed E-state index contributed by atoms with van der Waals surface area (Å²) in [5.41, 5.74) is 3.00. The Morgan fingerprint density at radius 3 is 2.67 bits per heavy atom. The summed E-state index contributed by atoms with van der Waals surface area (Å²) in [5.74, 6) is 0. The molecule has 3 heterocycles. The molecule has 0 unspecified atom stereocenters. The first-order valence-corrected chi connectivity index (χ1v) is 8.10. The monoisotopic (exact) mass is 351 g/mol. The largest absolute Gasteiger partial charge is 0.264 e. The highest BCUT2D eigenvalue weighted by Crippen LogP contribution is 2.25. The van der Waals surface area contributed by atoms with E-state index in [-0.39, 0.29) is 12.4 Å². The summed E-state index contributed by atoms with van der Waals surface area (Å²) in [6.45, 7) is 0. The standard InChI is InChI=1S/C19H13N3S.ClH/c1-2-6-18-14(4-1)7-8-16(22-18)9-10-17-13-21-19(23-17)15-5-3-11-20-12-15;/h1-13H;1H/b10-9+;. The molecule has 0 N–H and O–H groups in total. The van der Waals surface area contributed by atoms with Crippen LogP contribution in [0.15, 0.2) is 67.1 Å². The third kappa shape index (κ3) is 3.50. The molecular weight excluding hydrogens is 338 g/mol. The van der Waals surface area contributed by atoms with Gasteiger partial charge in [-0.1, -0.05) is 24.3 Å². The molecule has 0 fully saturated rings. The number of benzene rings is 1. The van der Waals surface area contributed by atoms with E-state index in [9.17, 15) is 0 Å². The van der Waals surface area contributed by atoms with Crippen LogP contribution < -0.4 is 0 Å². The maximum absolute atomic E-state index is 4.64. The van der Waals surface area contributed by atoms with Crippen LogP contribution in [0.4, 0.5) is 0 Å². The van der Waals surface area contributed by atoms with E-state index in [1.165, 1.54) is 0 Å². The summed E-state index contributed by atoms with van der Waals surface area (Å²) in [4.78, 5) is 14.3. The number of halogens is 1. The number of thiazole rings is 1. The van der Waals surface area contributed by atoms with Crippen LogP contribution in [0.25, 0.3) is 33.6 Å². The Bertz CT molecular complexity index is 980. The highest BCUT2D eigenvalue weighted by Gasteiger charge is 2.02. The topological polar surface area (TPSA) is 38.7 Å². The van der Waals surface area contributed by atoms with Crippen molar-refractivity contribution in [3.8, 4) is 10.6 Å². The summed E-state index contributed by atoms with van der Waals surface area (Å²) in [6.07, 6.45) is 9.55. The maximum atomic E-state index is 4.64. The molecule has 4 aromatic rings. The minimum atomic E-state index is 0. The van der Waals surface area contributed by atoms with E-state index in [0.717, 1.165) is 32.0 Å². The van der Waals surface area contributed by atoms with Gasteiger partial charge in [0, 0.05) is 34.4 Å². The van der Waals surface area contributed by atoms with Gasteiger partial charge < -0.3 is 0 Å². The second-order valence-electron chi connectivity index (χ2n) is 5.07. The molecule has 0 bridgehead atoms. The number of hydrogen-bond donors (Lipinski definition) is 0. The number of rotatable bonds is 3. The van der Waals surface area contributed by atoms with Crippen molar-refractivity contribution < 1.29 is 0 Å². The van der Waals surface area contributed by atoms with E-state index in [1.807, 2.05) is 54.9 Å². The molecule has 0 saturated heterocycles. The van der Waals surface area contributed by atoms with Crippen LogP contribution in [0.2, 0.25) is 0 Å². The summed E-state index contributed by atoms with van der Waals surface area (Å²) in [6, 6.07) is 16.2. The fraction of sp³-hybridized carbons (Fsp3) is 0. The lowest BCUT2D eigenvalue weighted by Gasteiger charge is -1.97. The quantitative estimate of drug-likeness (QED) is 0.499. The Kier molecular flexibility index (Phi) is 4.99. The third-order valence-corrected chi connectivity index (χ3v) is 4.48. The highest BCUT2D eigenvalue weighted by atomic mass is 35.5. The van der Waals surface area contributed by atoms with E-state index in [0.29, 0.717) is 0 Å². The average molecular weight is 352 g/mol. The minimum Gasteiger partial charge on any atom is -0.264 e. The van der Waals surface area contributed by atoms with Crippen molar-refractivity contribution in [3.05, 3.63) is 77.7 Å². The van der Waals surface area contributed by atoms with Crippen LogP contribution in [0, 0.1) is 0 Å². The fourth-order valence-electron chi connectivity index (χ4n) is 2.33. The normalized spacial score (nSPS) is 10.8. The van der Waals surface area contributed by atoms with Gasteiger partial charge in [0.15, 0.2) is 0 Å². The summed E-state index contributed by atoms with van der Waals surface area (Å²) < 4.78 is 0. The molecule has 0 aliphatic carbocycles. The van der Waals surface area contributed by atoms with Crippen molar-refractivity contribution in [2.24, 2.45) is 0 Å². The highest BCUT2D eigenvalue weighted by molar-refractivity contribution is 7.15. The van der Waals surface area contributed by atoms with Gasteiger partial charge in [0.05, 0.1) is 11.2 Å². The molecule has 0 atom stereocenters. The summed E-state index contributed by atoms with van der Waals surface area (Å²) in [5, 5.41) is 2.13. The van der Waals surface area contributed by atoms with Crippen LogP contribution >= 0.6 is 23.7 Å². The van der Waals surface area contributed by atoms with Gasteiger partial charge in [0.1, 0.15) is 5.01 Å². The molecule has 0 saturated carbocycles. The summed E-state index contributed by atoms with van der Waals surface area (Å²) in [7, 11) is 0. The molecule has 0 aliphatic rings. The van der Waals surface area contributed by atoms with Crippen LogP contribution in [0.5, 0.6) is 0 Å². The molecule has 0 radical (unpaired) electrons. The Labute approximate surface area is 150 Å². The molecule has 5 heteroatoms. The van der Waals surface area contributed by atoms with Gasteiger partial charge >= 0.3 is 0 Å². The van der Waals surface area contributed by atoms with Crippen molar-refractivity contribution in [2.75, 3.05) is 0 Å². The van der Waals surface area contributed by atoms with Crippen molar-refractivity contribution >= 4 is 46.8 Å². The number of pyridine rings is 2. The first-order chi connectivity index (χ1) is 11.4. The minimum absolute atomic E-state index is 0. The van der Waals surface area contributed by atoms with Gasteiger partial charge in [0.25, 0.3) is 0 Å². The Hall–Kier alpha value is -2.56. The van der Waals surface area contributed by atoms with Crippen molar-refractivity contribution in [1.29, 1.82) is 0 Å². The van der Waals surface area contributed by atoms with Gasteiger partial charge in [-0.05, 0) is 36.4 Å². The lowest BCUT2D eigenvalue weighted by atomic mass is 10.2. The van der Waals surface area contributed by atoms with Crippen LogP contribution in [0.3, 0.4) is 0 Å². The molecule has 3 nitrogen and oxygen atoms in total. The van der Waals surface area contributed by atoms with Gasteiger partial charge in [-0.25, -0.2) is 9.97 Å². The van der Waals surface area contributed by atoms with E-state index < -0.39 is 0 Å². The fourth-order valence-corrected chi connectivity index (χ4v) is 3.14. The molecule has 24 heavy (non-hydrogen) atoms. The smallest absolute Gasteiger partial charge is 0.125 e. The number of nitrogens with zero attached hydrogens (tertiary/aromatic N) is 3. The molecule has 0 spiro atoms. The summed E-state index contributed by atoms with van der Waals surface area (Å²) >= 11 is 1.64. The van der Waals surface area contributed by atoms with Crippen LogP contribution in [-0.2, 0) is 0 Å². The number of para-hydroxylation sites is 1. The lowest BCUT2D eigenvalue weighted by molar-refractivity contribution is 1.31. The maximum Gasteiger partial charge on any atom is 0.125 e. The van der Waals surface area contributed by atoms with Gasteiger partial charge in [-0.2, -0.15) is 0 Å². The molecule has 0 aliphatic heterocycles. The molecule has 118 valence electrons. The first kappa shape index (κ1) is 16.3. The van der Waals surface area contributed by atoms with Gasteiger partial charge in [-0.15, -0.1) is 23.7 Å². The van der Waals surface area contributed by atoms with Crippen LogP contribution in [0.1, 0.15) is 10.6 Å². The lowest BCUT2D eigenvalue weighted by Crippen LogP contribution is -1.81. The molecule has 0 amide bonds. The van der Waals surface area contributed by atoms with E-state index in [4.69, 9.17) is 0 Å². The number of hydrogen-bond acceptors (Lipinski definition) is 4. The molecular formula is C19H14ClN3S. The van der Waals surface area contributed by atoms with E-state index in [2.05, 4.69) is 33.2 Å². The zero-order valence-corrected chi connectivity index (χ0v) is 14.3. The molecule has 4 rings (SSSR count). The number of aromatic nitrogens is 3. The van der Waals surface area contributed by atoms with Crippen LogP contribution in [-0.4, -0.2) is 15.0 Å². The van der Waals surface area contributed by atoms with Gasteiger partial charge in [-0.3, -0.25) is 4.98 Å². The Morgan fingerprint density at radius 2 is 1.79 bits per heavy atom. The zero-order chi connectivity index (χ0) is 15.5. The predicted molar refractivity (Wildman–Crippen MR) is 103 cm³/mol. The van der Waals surface area contributed by atoms with Crippen molar-refractivity contribution in [3.63, 3.8) is 0 Å². The average Bonchev–Trinajstić information content (AvgIpc) is 3.10. The Morgan fingerprint density at radius 1 is 0.875 bits per heavy atom. The van der Waals surface area contributed by atoms with Gasteiger partial charge in [0.2, 0.25) is 0 Å².